The van der Waals surface area contributed by atoms with E-state index in [4.69, 9.17) is 0 Å². The van der Waals surface area contributed by atoms with Crippen molar-refractivity contribution in [1.29, 1.82) is 0 Å². The SMILES string of the molecule is Cn1cc(C(=O)Nc2cccc(C(=O)N3CCC[C@H](Cc4nccn5cccc45)CC3)c2)cn1. The van der Waals surface area contributed by atoms with Crippen LogP contribution in [0, 0.1) is 5.92 Å². The van der Waals surface area contributed by atoms with Crippen molar-refractivity contribution in [2.24, 2.45) is 13.0 Å². The van der Waals surface area contributed by atoms with Gasteiger partial charge in [0.2, 0.25) is 0 Å². The zero-order valence-corrected chi connectivity index (χ0v) is 19.2. The van der Waals surface area contributed by atoms with Crippen LogP contribution in [0.15, 0.2) is 67.4 Å². The van der Waals surface area contributed by atoms with Crippen LogP contribution in [0.3, 0.4) is 0 Å². The summed E-state index contributed by atoms with van der Waals surface area (Å²) in [5.74, 6) is 0.253. The van der Waals surface area contributed by atoms with Crippen LogP contribution >= 0.6 is 0 Å². The molecule has 1 aliphatic heterocycles. The van der Waals surface area contributed by atoms with Crippen LogP contribution in [0.25, 0.3) is 5.52 Å². The molecule has 1 atom stereocenters. The molecule has 0 unspecified atom stereocenters. The van der Waals surface area contributed by atoms with E-state index in [9.17, 15) is 9.59 Å². The lowest BCUT2D eigenvalue weighted by molar-refractivity contribution is 0.0759. The summed E-state index contributed by atoms with van der Waals surface area (Å²) in [5, 5.41) is 6.89. The van der Waals surface area contributed by atoms with Crippen LogP contribution in [-0.2, 0) is 13.5 Å². The van der Waals surface area contributed by atoms with Gasteiger partial charge in [0.05, 0.1) is 23.0 Å². The Morgan fingerprint density at radius 1 is 1.09 bits per heavy atom. The second kappa shape index (κ2) is 9.51. The monoisotopic (exact) mass is 456 g/mol. The van der Waals surface area contributed by atoms with Crippen molar-refractivity contribution in [1.82, 2.24) is 24.1 Å². The lowest BCUT2D eigenvalue weighted by atomic mass is 9.95. The Kier molecular flexibility index (Phi) is 6.12. The van der Waals surface area contributed by atoms with Crippen molar-refractivity contribution in [3.05, 3.63) is 84.2 Å². The number of carbonyl (C=O) groups excluding carboxylic acids is 2. The number of fused-ring (bicyclic) bond motifs is 1. The smallest absolute Gasteiger partial charge is 0.258 e. The number of aromatic nitrogens is 4. The zero-order valence-electron chi connectivity index (χ0n) is 19.2. The molecule has 3 aromatic heterocycles. The molecule has 0 spiro atoms. The first-order chi connectivity index (χ1) is 16.6. The van der Waals surface area contributed by atoms with E-state index in [1.165, 1.54) is 6.20 Å². The molecule has 8 heteroatoms. The maximum atomic E-state index is 13.3. The standard InChI is InChI=1S/C26H28N6O2/c1-30-18-21(17-28-30)25(33)29-22-7-2-6-20(16-22)26(34)32-12-3-5-19(9-13-32)15-23-24-8-4-11-31(24)14-10-27-23/h2,4,6-8,10-11,14,16-19H,3,5,9,12-13,15H2,1H3,(H,29,33)/t19-/m0/s1. The van der Waals surface area contributed by atoms with E-state index in [-0.39, 0.29) is 11.8 Å². The molecule has 1 aliphatic rings. The number of nitrogens with one attached hydrogen (secondary N) is 1. The number of hydrogen-bond donors (Lipinski definition) is 1. The average molecular weight is 457 g/mol. The van der Waals surface area contributed by atoms with Crippen molar-refractivity contribution in [2.45, 2.75) is 25.7 Å². The first-order valence-electron chi connectivity index (χ1n) is 11.7. The van der Waals surface area contributed by atoms with Gasteiger partial charge in [-0.05, 0) is 61.9 Å². The third kappa shape index (κ3) is 4.71. The van der Waals surface area contributed by atoms with Gasteiger partial charge in [-0.1, -0.05) is 6.07 Å². The summed E-state index contributed by atoms with van der Waals surface area (Å²) in [7, 11) is 1.76. The van der Waals surface area contributed by atoms with Gasteiger partial charge in [-0.15, -0.1) is 0 Å². The molecular formula is C26H28N6O2. The van der Waals surface area contributed by atoms with Gasteiger partial charge in [0.25, 0.3) is 11.8 Å². The van der Waals surface area contributed by atoms with Gasteiger partial charge in [-0.3, -0.25) is 19.3 Å². The minimum absolute atomic E-state index is 0.00458. The molecular weight excluding hydrogens is 428 g/mol. The van der Waals surface area contributed by atoms with E-state index in [1.54, 1.807) is 36.1 Å². The van der Waals surface area contributed by atoms with Gasteiger partial charge < -0.3 is 14.6 Å². The van der Waals surface area contributed by atoms with Crippen LogP contribution in [0.5, 0.6) is 0 Å². The number of anilines is 1. The van der Waals surface area contributed by atoms with Crippen LogP contribution in [0.1, 0.15) is 45.7 Å². The summed E-state index contributed by atoms with van der Waals surface area (Å²) in [6.07, 6.45) is 13.0. The van der Waals surface area contributed by atoms with E-state index in [1.807, 2.05) is 35.6 Å². The molecule has 4 aromatic rings. The molecule has 0 radical (unpaired) electrons. The Balaban J connectivity index is 1.22. The van der Waals surface area contributed by atoms with E-state index in [2.05, 4.69) is 25.9 Å². The molecule has 0 saturated carbocycles. The molecule has 2 amide bonds. The fraction of sp³-hybridized carbons (Fsp3) is 0.308. The minimum atomic E-state index is -0.248. The Hall–Kier alpha value is -3.94. The summed E-state index contributed by atoms with van der Waals surface area (Å²) in [4.78, 5) is 32.3. The molecule has 1 saturated heterocycles. The molecule has 0 aliphatic carbocycles. The highest BCUT2D eigenvalue weighted by molar-refractivity contribution is 6.04. The lowest BCUT2D eigenvalue weighted by Gasteiger charge is -2.21. The van der Waals surface area contributed by atoms with Crippen LogP contribution in [0.2, 0.25) is 0 Å². The van der Waals surface area contributed by atoms with Gasteiger partial charge in [0.1, 0.15) is 0 Å². The largest absolute Gasteiger partial charge is 0.339 e. The van der Waals surface area contributed by atoms with Crippen LogP contribution in [0.4, 0.5) is 5.69 Å². The summed E-state index contributed by atoms with van der Waals surface area (Å²) < 4.78 is 3.69. The van der Waals surface area contributed by atoms with Crippen molar-refractivity contribution in [2.75, 3.05) is 18.4 Å². The van der Waals surface area contributed by atoms with Gasteiger partial charge in [-0.25, -0.2) is 0 Å². The normalized spacial score (nSPS) is 16.4. The Morgan fingerprint density at radius 2 is 2.00 bits per heavy atom. The van der Waals surface area contributed by atoms with E-state index >= 15 is 0 Å². The van der Waals surface area contributed by atoms with E-state index < -0.39 is 0 Å². The van der Waals surface area contributed by atoms with Gasteiger partial charge in [-0.2, -0.15) is 5.10 Å². The maximum absolute atomic E-state index is 13.3. The van der Waals surface area contributed by atoms with Crippen LogP contribution < -0.4 is 5.32 Å². The van der Waals surface area contributed by atoms with Crippen molar-refractivity contribution in [3.63, 3.8) is 0 Å². The molecule has 4 heterocycles. The summed E-state index contributed by atoms with van der Waals surface area (Å²) in [6.45, 7) is 1.46. The Labute approximate surface area is 198 Å². The third-order valence-corrected chi connectivity index (χ3v) is 6.48. The summed E-state index contributed by atoms with van der Waals surface area (Å²) in [6, 6.07) is 11.3. The predicted molar refractivity (Wildman–Crippen MR) is 130 cm³/mol. The molecule has 1 fully saturated rings. The molecule has 5 rings (SSSR count). The fourth-order valence-corrected chi connectivity index (χ4v) is 4.69. The summed E-state index contributed by atoms with van der Waals surface area (Å²) >= 11 is 0. The zero-order chi connectivity index (χ0) is 23.5. The number of aryl methyl sites for hydroxylation is 1. The number of nitrogens with zero attached hydrogens (tertiary/aromatic N) is 5. The number of rotatable bonds is 5. The third-order valence-electron chi connectivity index (χ3n) is 6.48. The summed E-state index contributed by atoms with van der Waals surface area (Å²) in [5.41, 5.74) is 3.93. The molecule has 0 bridgehead atoms. The number of likely N-dealkylation sites (tertiary alicyclic amines) is 1. The second-order valence-corrected chi connectivity index (χ2v) is 8.91. The molecule has 34 heavy (non-hydrogen) atoms. The minimum Gasteiger partial charge on any atom is -0.339 e. The number of carbonyl (C=O) groups is 2. The Morgan fingerprint density at radius 3 is 2.85 bits per heavy atom. The topological polar surface area (TPSA) is 84.5 Å². The first-order valence-corrected chi connectivity index (χ1v) is 11.7. The van der Waals surface area contributed by atoms with Gasteiger partial charge in [0.15, 0.2) is 0 Å². The highest BCUT2D eigenvalue weighted by Crippen LogP contribution is 2.24. The van der Waals surface area contributed by atoms with Crippen molar-refractivity contribution < 1.29 is 9.59 Å². The molecule has 174 valence electrons. The predicted octanol–water partition coefficient (Wildman–Crippen LogP) is 3.81. The first kappa shape index (κ1) is 21.9. The van der Waals surface area contributed by atoms with E-state index in [0.717, 1.165) is 50.0 Å². The maximum Gasteiger partial charge on any atom is 0.258 e. The van der Waals surface area contributed by atoms with Gasteiger partial charge >= 0.3 is 0 Å². The quantitative estimate of drug-likeness (QED) is 0.495. The molecule has 8 nitrogen and oxygen atoms in total. The number of hydrogen-bond acceptors (Lipinski definition) is 4. The van der Waals surface area contributed by atoms with Crippen LogP contribution in [-0.4, -0.2) is 49.0 Å². The van der Waals surface area contributed by atoms with Gasteiger partial charge in [0, 0.05) is 56.2 Å². The molecule has 1 N–H and O–H groups in total. The lowest BCUT2D eigenvalue weighted by Crippen LogP contribution is -2.32. The molecule has 1 aromatic carbocycles. The second-order valence-electron chi connectivity index (χ2n) is 8.91. The van der Waals surface area contributed by atoms with Crippen molar-refractivity contribution in [3.8, 4) is 0 Å². The van der Waals surface area contributed by atoms with Crippen molar-refractivity contribution >= 4 is 23.0 Å². The number of benzene rings is 1. The highest BCUT2D eigenvalue weighted by atomic mass is 16.2. The van der Waals surface area contributed by atoms with E-state index in [0.29, 0.717) is 22.7 Å². The average Bonchev–Trinajstić information content (AvgIpc) is 3.44. The fourth-order valence-electron chi connectivity index (χ4n) is 4.69. The Bertz CT molecular complexity index is 1320. The highest BCUT2D eigenvalue weighted by Gasteiger charge is 2.23. The number of amides is 2.